The zero-order valence-electron chi connectivity index (χ0n) is 37.0. The van der Waals surface area contributed by atoms with Crippen LogP contribution in [0.4, 0.5) is 0 Å². The van der Waals surface area contributed by atoms with Gasteiger partial charge < -0.3 is 24.4 Å². The van der Waals surface area contributed by atoms with Gasteiger partial charge in [-0.3, -0.25) is 28.8 Å². The van der Waals surface area contributed by atoms with E-state index in [1.807, 2.05) is 6.92 Å². The quantitative estimate of drug-likeness (QED) is 0.0489. The predicted molar refractivity (Wildman–Crippen MR) is 221 cm³/mol. The summed E-state index contributed by atoms with van der Waals surface area (Å²) in [5.74, 6) is -5.81. The first-order chi connectivity index (χ1) is 27.9. The van der Waals surface area contributed by atoms with Crippen molar-refractivity contribution in [3.05, 3.63) is 12.2 Å². The lowest BCUT2D eigenvalue weighted by Gasteiger charge is -2.68. The summed E-state index contributed by atoms with van der Waals surface area (Å²) >= 11 is 0. The van der Waals surface area contributed by atoms with Crippen molar-refractivity contribution in [3.63, 3.8) is 0 Å². The highest BCUT2D eigenvalue weighted by Crippen LogP contribution is 2.70. The average Bonchev–Trinajstić information content (AvgIpc) is 3.63. The van der Waals surface area contributed by atoms with Crippen LogP contribution in [0.2, 0.25) is 0 Å². The number of esters is 4. The maximum absolute atomic E-state index is 13.7. The second-order valence-electron chi connectivity index (χ2n) is 20.3. The van der Waals surface area contributed by atoms with Gasteiger partial charge >= 0.3 is 35.8 Å². The Morgan fingerprint density at radius 3 is 2.19 bits per heavy atom. The molecule has 11 heteroatoms. The lowest BCUT2D eigenvalue weighted by Crippen LogP contribution is -2.65. The third-order valence-corrected chi connectivity index (χ3v) is 16.3. The van der Waals surface area contributed by atoms with E-state index in [0.29, 0.717) is 32.1 Å². The molecule has 0 spiro atoms. The normalized spacial score (nSPS) is 36.9. The van der Waals surface area contributed by atoms with Crippen LogP contribution in [-0.2, 0) is 43.0 Å². The van der Waals surface area contributed by atoms with Crippen LogP contribution in [-0.4, -0.2) is 58.2 Å². The molecule has 2 heterocycles. The molecule has 2 saturated heterocycles. The summed E-state index contributed by atoms with van der Waals surface area (Å²) in [7, 11) is 0. The third-order valence-electron chi connectivity index (χ3n) is 16.3. The zero-order chi connectivity index (χ0) is 43.3. The minimum absolute atomic E-state index is 0.0157. The Morgan fingerprint density at radius 2 is 1.58 bits per heavy atom. The number of carboxylic acids is 2. The molecule has 0 amide bonds. The Hall–Kier alpha value is -3.08. The summed E-state index contributed by atoms with van der Waals surface area (Å²) in [5, 5.41) is 19.7. The Bertz CT molecular complexity index is 1570. The molecule has 3 aliphatic carbocycles. The number of carboxylic acid groups (broad SMARTS) is 2. The molecule has 13 unspecified atom stereocenters. The third kappa shape index (κ3) is 10.0. The molecule has 0 aromatic heterocycles. The van der Waals surface area contributed by atoms with Crippen molar-refractivity contribution in [2.75, 3.05) is 0 Å². The van der Waals surface area contributed by atoms with E-state index in [9.17, 15) is 33.9 Å². The summed E-state index contributed by atoms with van der Waals surface area (Å²) in [6.45, 7) is 14.9. The number of carbonyl (C=O) groups is 6. The molecule has 2 aliphatic heterocycles. The van der Waals surface area contributed by atoms with Crippen LogP contribution >= 0.6 is 0 Å². The van der Waals surface area contributed by atoms with Gasteiger partial charge in [0.1, 0.15) is 0 Å². The van der Waals surface area contributed by atoms with Gasteiger partial charge in [0, 0.05) is 6.42 Å². The van der Waals surface area contributed by atoms with E-state index >= 15 is 0 Å². The number of ether oxygens (including phenoxy) is 3. The Balaban J connectivity index is 1.54. The summed E-state index contributed by atoms with van der Waals surface area (Å²) in [6.07, 6.45) is 17.6. The number of carbonyl (C=O) groups excluding carboxylic acids is 4. The van der Waals surface area contributed by atoms with Gasteiger partial charge in [-0.25, -0.2) is 0 Å². The highest BCUT2D eigenvalue weighted by molar-refractivity contribution is 5.96. The van der Waals surface area contributed by atoms with Crippen molar-refractivity contribution in [3.8, 4) is 0 Å². The van der Waals surface area contributed by atoms with Gasteiger partial charge in [-0.05, 0) is 117 Å². The number of aliphatic carboxylic acids is 2. The fourth-order valence-electron chi connectivity index (χ4n) is 13.2. The van der Waals surface area contributed by atoms with Gasteiger partial charge in [0.2, 0.25) is 0 Å². The molecule has 0 bridgehead atoms. The molecular weight excluding hydrogens is 753 g/mol. The minimum Gasteiger partial charge on any atom is -0.481 e. The van der Waals surface area contributed by atoms with Gasteiger partial charge in [-0.2, -0.15) is 0 Å². The molecule has 2 N–H and O–H groups in total. The van der Waals surface area contributed by atoms with Crippen LogP contribution in [0.5, 0.6) is 0 Å². The first-order valence-corrected chi connectivity index (χ1v) is 23.2. The highest BCUT2D eigenvalue weighted by atomic mass is 16.6. The molecule has 5 aliphatic rings. The summed E-state index contributed by atoms with van der Waals surface area (Å²) in [5.41, 5.74) is -1.60. The first-order valence-electron chi connectivity index (χ1n) is 23.2. The number of unbranched alkanes of at least 4 members (excludes halogenated alkanes) is 7. The fourth-order valence-corrected chi connectivity index (χ4v) is 13.2. The number of hydrogen-bond donors (Lipinski definition) is 2. The molecule has 0 aromatic rings. The standard InChI is InChI=1S/C48H74O11/c1-8-9-10-12-16-20-32(26-31(33-28-38(51)58-43(33)53)19-15-13-11-14-17-21-37(49)50)57-41-39(29(2)3)34(40-30(4)42(52)59-44(40)54)27-36-46(5)23-18-24-48(7,45(55)56)35(46)22-25-47(36,41)6/h16,20,29-36,39-41H,8-15,17-19,21-28H2,1-7H3,(H,49,50)(H,55,56)/b20-16+. The van der Waals surface area contributed by atoms with Crippen molar-refractivity contribution < 1.29 is 53.2 Å². The van der Waals surface area contributed by atoms with E-state index in [1.54, 1.807) is 6.92 Å². The Labute approximate surface area is 352 Å². The zero-order valence-corrected chi connectivity index (χ0v) is 37.0. The molecule has 0 aromatic carbocycles. The average molecular weight is 827 g/mol. The highest BCUT2D eigenvalue weighted by Gasteiger charge is 2.68. The monoisotopic (exact) mass is 827 g/mol. The van der Waals surface area contributed by atoms with Crippen LogP contribution in [0.25, 0.3) is 0 Å². The van der Waals surface area contributed by atoms with Crippen molar-refractivity contribution in [2.45, 2.75) is 183 Å². The number of allylic oxidation sites excluding steroid dienone is 1. The van der Waals surface area contributed by atoms with Gasteiger partial charge in [0.15, 0.2) is 0 Å². The van der Waals surface area contributed by atoms with E-state index in [0.717, 1.165) is 77.0 Å². The smallest absolute Gasteiger partial charge is 0.317 e. The van der Waals surface area contributed by atoms with Gasteiger partial charge in [-0.1, -0.05) is 98.6 Å². The van der Waals surface area contributed by atoms with Crippen molar-refractivity contribution in [1.82, 2.24) is 0 Å². The van der Waals surface area contributed by atoms with E-state index in [-0.39, 0.29) is 65.3 Å². The van der Waals surface area contributed by atoms with Crippen LogP contribution in [0.1, 0.15) is 170 Å². The molecule has 332 valence electrons. The molecule has 11 nitrogen and oxygen atoms in total. The van der Waals surface area contributed by atoms with Crippen LogP contribution in [0.3, 0.4) is 0 Å². The van der Waals surface area contributed by atoms with Gasteiger partial charge in [-0.15, -0.1) is 0 Å². The molecule has 0 radical (unpaired) electrons. The van der Waals surface area contributed by atoms with Crippen LogP contribution in [0.15, 0.2) is 12.2 Å². The fraction of sp³-hybridized carbons (Fsp3) is 0.833. The molecule has 5 fully saturated rings. The predicted octanol–water partition coefficient (Wildman–Crippen LogP) is 9.73. The van der Waals surface area contributed by atoms with E-state index < -0.39 is 65.1 Å². The second-order valence-corrected chi connectivity index (χ2v) is 20.3. The molecule has 5 rings (SSSR count). The summed E-state index contributed by atoms with van der Waals surface area (Å²) in [6, 6.07) is 0. The summed E-state index contributed by atoms with van der Waals surface area (Å²) < 4.78 is 18.1. The topological polar surface area (TPSA) is 171 Å². The minimum atomic E-state index is -0.870. The number of hydrogen-bond acceptors (Lipinski definition) is 9. The van der Waals surface area contributed by atoms with E-state index in [2.05, 4.69) is 46.8 Å². The van der Waals surface area contributed by atoms with E-state index in [1.165, 1.54) is 0 Å². The van der Waals surface area contributed by atoms with Crippen molar-refractivity contribution in [2.24, 2.45) is 69.5 Å². The lowest BCUT2D eigenvalue weighted by molar-refractivity contribution is -0.243. The molecule has 3 saturated carbocycles. The number of rotatable bonds is 21. The Morgan fingerprint density at radius 1 is 0.864 bits per heavy atom. The largest absolute Gasteiger partial charge is 0.481 e. The van der Waals surface area contributed by atoms with Crippen molar-refractivity contribution >= 4 is 35.8 Å². The molecule has 59 heavy (non-hydrogen) atoms. The van der Waals surface area contributed by atoms with Gasteiger partial charge in [0.05, 0.1) is 41.8 Å². The second kappa shape index (κ2) is 19.7. The van der Waals surface area contributed by atoms with Gasteiger partial charge in [0.25, 0.3) is 0 Å². The van der Waals surface area contributed by atoms with Crippen LogP contribution in [0, 0.1) is 69.5 Å². The van der Waals surface area contributed by atoms with E-state index in [4.69, 9.17) is 19.3 Å². The lowest BCUT2D eigenvalue weighted by atomic mass is 9.38. The first kappa shape index (κ1) is 47.0. The maximum atomic E-state index is 13.7. The van der Waals surface area contributed by atoms with Crippen LogP contribution < -0.4 is 0 Å². The molecular formula is C48H74O11. The number of cyclic esters (lactones) is 4. The molecule has 13 atom stereocenters. The SMILES string of the molecule is CCCCC/C=C/C(CC(CCCCCCCC(=O)O)C1CC(=O)OC1=O)OC1C(C(C)C)C(C2C(=O)OC(=O)C2C)CC2C1(C)CCC1C(C)(C(=O)O)CCCC12C. The Kier molecular flexibility index (Phi) is 15.7. The number of fused-ring (bicyclic) bond motifs is 3. The summed E-state index contributed by atoms with van der Waals surface area (Å²) in [4.78, 5) is 76.5. The maximum Gasteiger partial charge on any atom is 0.317 e. The van der Waals surface area contributed by atoms with Crippen molar-refractivity contribution in [1.29, 1.82) is 0 Å².